The summed E-state index contributed by atoms with van der Waals surface area (Å²) in [4.78, 5) is 12.3. The fraction of sp³-hybridized carbons (Fsp3) is 0.667. The first kappa shape index (κ1) is 20.1. The first-order valence-corrected chi connectivity index (χ1v) is 9.59. The molecule has 8 heteroatoms. The Balaban J connectivity index is 2.93. The van der Waals surface area contributed by atoms with E-state index in [0.29, 0.717) is 0 Å². The predicted molar refractivity (Wildman–Crippen MR) is 90.0 cm³/mol. The Labute approximate surface area is 142 Å². The summed E-state index contributed by atoms with van der Waals surface area (Å²) >= 11 is 1.08. The zero-order valence-corrected chi connectivity index (χ0v) is 16.0. The third-order valence-corrected chi connectivity index (χ3v) is 5.30. The van der Waals surface area contributed by atoms with Gasteiger partial charge in [-0.3, -0.25) is 4.79 Å². The van der Waals surface area contributed by atoms with Crippen LogP contribution in [0.2, 0.25) is 0 Å². The molecule has 1 aromatic heterocycles. The number of thiophene rings is 1. The SMILES string of the molecule is CC(C)(C)OCC(NS(=O)(=O)c1cccs1)C(=O)OC(C)(C)C. The van der Waals surface area contributed by atoms with E-state index in [4.69, 9.17) is 9.47 Å². The van der Waals surface area contributed by atoms with Crippen LogP contribution >= 0.6 is 11.3 Å². The van der Waals surface area contributed by atoms with E-state index in [-0.39, 0.29) is 10.8 Å². The predicted octanol–water partition coefficient (Wildman–Crippen LogP) is 2.55. The van der Waals surface area contributed by atoms with Gasteiger partial charge in [-0.1, -0.05) is 6.07 Å². The molecule has 0 saturated heterocycles. The summed E-state index contributed by atoms with van der Waals surface area (Å²) in [5, 5.41) is 1.66. The van der Waals surface area contributed by atoms with Crippen LogP contribution in [0.4, 0.5) is 0 Å². The molecule has 0 aliphatic carbocycles. The van der Waals surface area contributed by atoms with Gasteiger partial charge in [-0.15, -0.1) is 11.3 Å². The maximum atomic E-state index is 12.3. The van der Waals surface area contributed by atoms with E-state index in [1.54, 1.807) is 32.2 Å². The van der Waals surface area contributed by atoms with Gasteiger partial charge in [0.1, 0.15) is 15.9 Å². The van der Waals surface area contributed by atoms with E-state index < -0.39 is 33.2 Å². The number of nitrogens with one attached hydrogen (secondary N) is 1. The van der Waals surface area contributed by atoms with Crippen LogP contribution in [0.25, 0.3) is 0 Å². The summed E-state index contributed by atoms with van der Waals surface area (Å²) in [6.07, 6.45) is 0. The number of carbonyl (C=O) groups excluding carboxylic acids is 1. The van der Waals surface area contributed by atoms with E-state index in [2.05, 4.69) is 4.72 Å². The Morgan fingerprint density at radius 1 is 1.22 bits per heavy atom. The van der Waals surface area contributed by atoms with Crippen LogP contribution in [0.15, 0.2) is 21.7 Å². The lowest BCUT2D eigenvalue weighted by atomic mass is 10.2. The van der Waals surface area contributed by atoms with Crippen molar-refractivity contribution in [2.75, 3.05) is 6.61 Å². The van der Waals surface area contributed by atoms with Crippen molar-refractivity contribution in [3.05, 3.63) is 17.5 Å². The zero-order chi connectivity index (χ0) is 17.9. The van der Waals surface area contributed by atoms with E-state index in [1.807, 2.05) is 20.8 Å². The van der Waals surface area contributed by atoms with Gasteiger partial charge in [-0.05, 0) is 53.0 Å². The highest BCUT2D eigenvalue weighted by Gasteiger charge is 2.31. The van der Waals surface area contributed by atoms with Crippen LogP contribution < -0.4 is 4.72 Å². The van der Waals surface area contributed by atoms with Crippen molar-refractivity contribution in [1.29, 1.82) is 0 Å². The fourth-order valence-electron chi connectivity index (χ4n) is 1.52. The number of sulfonamides is 1. The number of hydrogen-bond acceptors (Lipinski definition) is 6. The molecule has 23 heavy (non-hydrogen) atoms. The van der Waals surface area contributed by atoms with E-state index in [0.717, 1.165) is 11.3 Å². The summed E-state index contributed by atoms with van der Waals surface area (Å²) in [5.74, 6) is -0.665. The monoisotopic (exact) mass is 363 g/mol. The van der Waals surface area contributed by atoms with Crippen molar-refractivity contribution in [3.8, 4) is 0 Å². The summed E-state index contributed by atoms with van der Waals surface area (Å²) in [5.41, 5.74) is -1.22. The smallest absolute Gasteiger partial charge is 0.327 e. The van der Waals surface area contributed by atoms with Crippen LogP contribution in [0.3, 0.4) is 0 Å². The van der Waals surface area contributed by atoms with Gasteiger partial charge in [0.05, 0.1) is 12.2 Å². The first-order valence-electron chi connectivity index (χ1n) is 7.23. The van der Waals surface area contributed by atoms with Crippen LogP contribution in [-0.4, -0.2) is 38.2 Å². The lowest BCUT2D eigenvalue weighted by molar-refractivity contribution is -0.159. The van der Waals surface area contributed by atoms with Crippen molar-refractivity contribution in [1.82, 2.24) is 4.72 Å². The van der Waals surface area contributed by atoms with E-state index >= 15 is 0 Å². The standard InChI is InChI=1S/C15H25NO5S2/c1-14(2,3)20-10-11(13(17)21-15(4,5)6)16-23(18,19)12-8-7-9-22-12/h7-9,11,16H,10H2,1-6H3. The molecule has 1 N–H and O–H groups in total. The average molecular weight is 364 g/mol. The highest BCUT2D eigenvalue weighted by molar-refractivity contribution is 7.91. The minimum atomic E-state index is -3.80. The Morgan fingerprint density at radius 2 is 1.83 bits per heavy atom. The molecular weight excluding hydrogens is 338 g/mol. The first-order chi connectivity index (χ1) is 10.3. The highest BCUT2D eigenvalue weighted by atomic mass is 32.2. The van der Waals surface area contributed by atoms with Crippen LogP contribution in [-0.2, 0) is 24.3 Å². The molecule has 1 heterocycles. The topological polar surface area (TPSA) is 81.7 Å². The van der Waals surface area contributed by atoms with Crippen LogP contribution in [0, 0.1) is 0 Å². The second-order valence-electron chi connectivity index (χ2n) is 7.06. The van der Waals surface area contributed by atoms with Gasteiger partial charge in [-0.2, -0.15) is 4.72 Å². The van der Waals surface area contributed by atoms with Gasteiger partial charge in [0.2, 0.25) is 0 Å². The second kappa shape index (κ2) is 7.29. The van der Waals surface area contributed by atoms with Gasteiger partial charge < -0.3 is 9.47 Å². The summed E-state index contributed by atoms with van der Waals surface area (Å²) in [6, 6.07) is 2.00. The number of ether oxygens (including phenoxy) is 2. The molecule has 1 unspecified atom stereocenters. The second-order valence-corrected chi connectivity index (χ2v) is 9.95. The van der Waals surface area contributed by atoms with E-state index in [1.165, 1.54) is 6.07 Å². The Kier molecular flexibility index (Phi) is 6.37. The molecule has 0 aromatic carbocycles. The highest BCUT2D eigenvalue weighted by Crippen LogP contribution is 2.18. The molecule has 0 amide bonds. The third-order valence-electron chi connectivity index (χ3n) is 2.43. The quantitative estimate of drug-likeness (QED) is 0.786. The summed E-state index contributed by atoms with van der Waals surface area (Å²) < 4.78 is 38.0. The average Bonchev–Trinajstić information content (AvgIpc) is 2.85. The molecule has 0 aliphatic heterocycles. The zero-order valence-electron chi connectivity index (χ0n) is 14.4. The maximum absolute atomic E-state index is 12.3. The molecule has 1 atom stereocenters. The van der Waals surface area contributed by atoms with Crippen molar-refractivity contribution < 1.29 is 22.7 Å². The molecule has 1 aromatic rings. The third kappa shape index (κ3) is 7.43. The molecule has 0 spiro atoms. The van der Waals surface area contributed by atoms with Gasteiger partial charge in [0.25, 0.3) is 10.0 Å². The van der Waals surface area contributed by atoms with Crippen molar-refractivity contribution in [2.45, 2.75) is 63.0 Å². The maximum Gasteiger partial charge on any atom is 0.327 e. The van der Waals surface area contributed by atoms with Crippen LogP contribution in [0.5, 0.6) is 0 Å². The Morgan fingerprint density at radius 3 is 2.26 bits per heavy atom. The number of rotatable bonds is 6. The molecule has 132 valence electrons. The molecular formula is C15H25NO5S2. The minimum absolute atomic E-state index is 0.108. The van der Waals surface area contributed by atoms with Crippen molar-refractivity contribution in [2.24, 2.45) is 0 Å². The summed E-state index contributed by atoms with van der Waals surface area (Å²) in [7, 11) is -3.80. The Hall–Kier alpha value is -0.960. The largest absolute Gasteiger partial charge is 0.459 e. The van der Waals surface area contributed by atoms with Gasteiger partial charge in [-0.25, -0.2) is 8.42 Å². The molecule has 0 radical (unpaired) electrons. The lowest BCUT2D eigenvalue weighted by Gasteiger charge is -2.27. The van der Waals surface area contributed by atoms with Crippen molar-refractivity contribution >= 4 is 27.3 Å². The van der Waals surface area contributed by atoms with Crippen molar-refractivity contribution in [3.63, 3.8) is 0 Å². The molecule has 0 fully saturated rings. The molecule has 0 aliphatic rings. The Bertz CT molecular complexity index is 609. The van der Waals surface area contributed by atoms with Gasteiger partial charge >= 0.3 is 5.97 Å². The molecule has 0 bridgehead atoms. The normalized spacial score (nSPS) is 14.5. The molecule has 6 nitrogen and oxygen atoms in total. The molecule has 0 saturated carbocycles. The van der Waals surface area contributed by atoms with Crippen LogP contribution in [0.1, 0.15) is 41.5 Å². The summed E-state index contributed by atoms with van der Waals surface area (Å²) in [6.45, 7) is 10.5. The van der Waals surface area contributed by atoms with Gasteiger partial charge in [0, 0.05) is 0 Å². The van der Waals surface area contributed by atoms with Gasteiger partial charge in [0.15, 0.2) is 0 Å². The minimum Gasteiger partial charge on any atom is -0.459 e. The number of carbonyl (C=O) groups is 1. The van der Waals surface area contributed by atoms with E-state index in [9.17, 15) is 13.2 Å². The fourth-order valence-corrected chi connectivity index (χ4v) is 3.70. The number of hydrogen-bond donors (Lipinski definition) is 1. The molecule has 1 rings (SSSR count). The number of esters is 1. The lowest BCUT2D eigenvalue weighted by Crippen LogP contribution is -2.47.